The Labute approximate surface area is 232 Å². The van der Waals surface area contributed by atoms with Gasteiger partial charge in [0.2, 0.25) is 5.91 Å². The summed E-state index contributed by atoms with van der Waals surface area (Å²) in [7, 11) is 0. The van der Waals surface area contributed by atoms with E-state index in [1.54, 1.807) is 4.90 Å². The van der Waals surface area contributed by atoms with E-state index in [2.05, 4.69) is 67.5 Å². The molecule has 0 saturated carbocycles. The Balaban J connectivity index is 1.52. The van der Waals surface area contributed by atoms with Crippen LogP contribution in [0.5, 0.6) is 0 Å². The highest BCUT2D eigenvalue weighted by Crippen LogP contribution is 2.23. The number of para-hydroxylation sites is 2. The first kappa shape index (κ1) is 28.0. The van der Waals surface area contributed by atoms with E-state index in [1.165, 1.54) is 16.5 Å². The molecule has 0 aliphatic rings. The molecule has 0 fully saturated rings. The van der Waals surface area contributed by atoms with E-state index in [4.69, 9.17) is 0 Å². The standard InChI is InChI=1S/C33H40N4O2/c1-5-20-37(32(39)35-28-11-7-6-8-12-28)24-31(38)36(23-25-15-17-27(18-16-25)33(2,3)4)21-19-26-22-34-30-14-10-9-13-29(26)30/h6-18,22,34H,5,19-21,23-24H2,1-4H3,(H,35,39). The van der Waals surface area contributed by atoms with Crippen molar-refractivity contribution in [3.63, 3.8) is 0 Å². The van der Waals surface area contributed by atoms with Gasteiger partial charge in [0.05, 0.1) is 0 Å². The van der Waals surface area contributed by atoms with E-state index in [0.717, 1.165) is 23.9 Å². The zero-order valence-corrected chi connectivity index (χ0v) is 23.5. The lowest BCUT2D eigenvalue weighted by Gasteiger charge is -2.28. The molecule has 1 aromatic heterocycles. The summed E-state index contributed by atoms with van der Waals surface area (Å²) in [6.07, 6.45) is 3.51. The van der Waals surface area contributed by atoms with Crippen molar-refractivity contribution in [3.05, 3.63) is 102 Å². The van der Waals surface area contributed by atoms with Crippen LogP contribution in [-0.2, 0) is 23.2 Å². The molecular formula is C33H40N4O2. The molecule has 0 radical (unpaired) electrons. The SMILES string of the molecule is CCCN(CC(=O)N(CCc1c[nH]c2ccccc12)Cc1ccc(C(C)(C)C)cc1)C(=O)Nc1ccccc1. The summed E-state index contributed by atoms with van der Waals surface area (Å²) in [6, 6.07) is 25.8. The molecule has 3 aromatic carbocycles. The first-order valence-corrected chi connectivity index (χ1v) is 13.8. The predicted molar refractivity (Wildman–Crippen MR) is 160 cm³/mol. The summed E-state index contributed by atoms with van der Waals surface area (Å²) in [5.41, 5.74) is 5.39. The third kappa shape index (κ3) is 7.50. The van der Waals surface area contributed by atoms with Crippen LogP contribution >= 0.6 is 0 Å². The number of aromatic amines is 1. The Morgan fingerprint density at radius 1 is 0.846 bits per heavy atom. The van der Waals surface area contributed by atoms with Gasteiger partial charge in [-0.2, -0.15) is 0 Å². The van der Waals surface area contributed by atoms with Crippen LogP contribution in [0.2, 0.25) is 0 Å². The molecule has 4 aromatic rings. The fourth-order valence-corrected chi connectivity index (χ4v) is 4.73. The van der Waals surface area contributed by atoms with Gasteiger partial charge in [-0.1, -0.05) is 88.4 Å². The zero-order chi connectivity index (χ0) is 27.8. The summed E-state index contributed by atoms with van der Waals surface area (Å²) in [4.78, 5) is 33.6. The number of carbonyl (C=O) groups excluding carboxylic acids is 2. The third-order valence-corrected chi connectivity index (χ3v) is 7.00. The maximum absolute atomic E-state index is 13.7. The minimum absolute atomic E-state index is 0.0282. The van der Waals surface area contributed by atoms with Gasteiger partial charge >= 0.3 is 6.03 Å². The molecule has 6 nitrogen and oxygen atoms in total. The number of nitrogens with zero attached hydrogens (tertiary/aromatic N) is 2. The van der Waals surface area contributed by atoms with Gasteiger partial charge in [0, 0.05) is 42.4 Å². The second kappa shape index (κ2) is 12.7. The van der Waals surface area contributed by atoms with Gasteiger partial charge in [0.25, 0.3) is 0 Å². The fraction of sp³-hybridized carbons (Fsp3) is 0.333. The summed E-state index contributed by atoms with van der Waals surface area (Å²) in [5.74, 6) is -0.0635. The largest absolute Gasteiger partial charge is 0.361 e. The summed E-state index contributed by atoms with van der Waals surface area (Å²) in [5, 5.41) is 4.10. The summed E-state index contributed by atoms with van der Waals surface area (Å²) < 4.78 is 0. The Kier molecular flexibility index (Phi) is 9.07. The van der Waals surface area contributed by atoms with E-state index in [0.29, 0.717) is 25.3 Å². The van der Waals surface area contributed by atoms with Crippen molar-refractivity contribution in [2.75, 3.05) is 25.0 Å². The minimum atomic E-state index is -0.262. The fourth-order valence-electron chi connectivity index (χ4n) is 4.73. The predicted octanol–water partition coefficient (Wildman–Crippen LogP) is 6.98. The Bertz CT molecular complexity index is 1370. The molecule has 2 N–H and O–H groups in total. The normalized spacial score (nSPS) is 11.4. The number of aromatic nitrogens is 1. The lowest BCUT2D eigenvalue weighted by molar-refractivity contribution is -0.132. The highest BCUT2D eigenvalue weighted by molar-refractivity contribution is 5.92. The number of anilines is 1. The average molecular weight is 525 g/mol. The van der Waals surface area contributed by atoms with Crippen molar-refractivity contribution in [2.45, 2.75) is 52.5 Å². The molecule has 4 rings (SSSR count). The topological polar surface area (TPSA) is 68.4 Å². The van der Waals surface area contributed by atoms with Crippen LogP contribution in [0.15, 0.2) is 85.1 Å². The van der Waals surface area contributed by atoms with Gasteiger partial charge in [-0.05, 0) is 53.1 Å². The molecule has 0 saturated heterocycles. The van der Waals surface area contributed by atoms with Crippen LogP contribution in [0.3, 0.4) is 0 Å². The van der Waals surface area contributed by atoms with Crippen LogP contribution in [0.25, 0.3) is 10.9 Å². The number of rotatable bonds is 10. The first-order chi connectivity index (χ1) is 18.7. The molecule has 0 aliphatic heterocycles. The van der Waals surface area contributed by atoms with Crippen molar-refractivity contribution in [1.29, 1.82) is 0 Å². The number of urea groups is 1. The summed E-state index contributed by atoms with van der Waals surface area (Å²) in [6.45, 7) is 10.2. The van der Waals surface area contributed by atoms with Crippen molar-refractivity contribution in [1.82, 2.24) is 14.8 Å². The highest BCUT2D eigenvalue weighted by atomic mass is 16.2. The molecule has 0 atom stereocenters. The second-order valence-electron chi connectivity index (χ2n) is 11.1. The quantitative estimate of drug-likeness (QED) is 0.235. The summed E-state index contributed by atoms with van der Waals surface area (Å²) >= 11 is 0. The van der Waals surface area contributed by atoms with Gasteiger partial charge in [-0.15, -0.1) is 0 Å². The van der Waals surface area contributed by atoms with Gasteiger partial charge < -0.3 is 20.1 Å². The zero-order valence-electron chi connectivity index (χ0n) is 23.5. The number of hydrogen-bond acceptors (Lipinski definition) is 2. The molecule has 0 aliphatic carbocycles. The van der Waals surface area contributed by atoms with Crippen LogP contribution < -0.4 is 5.32 Å². The van der Waals surface area contributed by atoms with Crippen LogP contribution in [-0.4, -0.2) is 46.4 Å². The van der Waals surface area contributed by atoms with Gasteiger partial charge in [-0.3, -0.25) is 4.79 Å². The maximum atomic E-state index is 13.7. The molecule has 0 spiro atoms. The van der Waals surface area contributed by atoms with Crippen molar-refractivity contribution >= 4 is 28.5 Å². The van der Waals surface area contributed by atoms with Gasteiger partial charge in [-0.25, -0.2) is 4.79 Å². The number of fused-ring (bicyclic) bond motifs is 1. The van der Waals surface area contributed by atoms with Crippen molar-refractivity contribution in [3.8, 4) is 0 Å². The Hall–Kier alpha value is -4.06. The van der Waals surface area contributed by atoms with Crippen LogP contribution in [0, 0.1) is 0 Å². The molecular weight excluding hydrogens is 484 g/mol. The number of H-pyrrole nitrogens is 1. The Morgan fingerprint density at radius 3 is 2.23 bits per heavy atom. The third-order valence-electron chi connectivity index (χ3n) is 7.00. The number of carbonyl (C=O) groups is 2. The molecule has 0 bridgehead atoms. The molecule has 0 unspecified atom stereocenters. The molecule has 6 heteroatoms. The Morgan fingerprint density at radius 2 is 1.54 bits per heavy atom. The molecule has 39 heavy (non-hydrogen) atoms. The minimum Gasteiger partial charge on any atom is -0.361 e. The van der Waals surface area contributed by atoms with E-state index in [9.17, 15) is 9.59 Å². The average Bonchev–Trinajstić information content (AvgIpc) is 3.34. The van der Waals surface area contributed by atoms with E-state index in [1.807, 2.05) is 60.5 Å². The molecule has 204 valence electrons. The number of hydrogen-bond donors (Lipinski definition) is 2. The lowest BCUT2D eigenvalue weighted by Crippen LogP contribution is -2.45. The number of amides is 3. The van der Waals surface area contributed by atoms with Crippen LogP contribution in [0.1, 0.15) is 50.8 Å². The van der Waals surface area contributed by atoms with Gasteiger partial charge in [0.15, 0.2) is 0 Å². The number of nitrogens with one attached hydrogen (secondary N) is 2. The van der Waals surface area contributed by atoms with Gasteiger partial charge in [0.1, 0.15) is 6.54 Å². The molecule has 3 amide bonds. The smallest absolute Gasteiger partial charge is 0.322 e. The lowest BCUT2D eigenvalue weighted by atomic mass is 9.87. The van der Waals surface area contributed by atoms with Crippen molar-refractivity contribution in [2.24, 2.45) is 0 Å². The highest BCUT2D eigenvalue weighted by Gasteiger charge is 2.22. The molecule has 1 heterocycles. The van der Waals surface area contributed by atoms with E-state index < -0.39 is 0 Å². The van der Waals surface area contributed by atoms with E-state index >= 15 is 0 Å². The first-order valence-electron chi connectivity index (χ1n) is 13.8. The maximum Gasteiger partial charge on any atom is 0.322 e. The van der Waals surface area contributed by atoms with E-state index in [-0.39, 0.29) is 23.9 Å². The monoisotopic (exact) mass is 524 g/mol. The second-order valence-corrected chi connectivity index (χ2v) is 11.1. The number of benzene rings is 3. The van der Waals surface area contributed by atoms with Crippen molar-refractivity contribution < 1.29 is 9.59 Å². The van der Waals surface area contributed by atoms with Crippen LogP contribution in [0.4, 0.5) is 10.5 Å².